The third-order valence-electron chi connectivity index (χ3n) is 13.3. The van der Waals surface area contributed by atoms with Crippen LogP contribution in [0.5, 0.6) is 0 Å². The van der Waals surface area contributed by atoms with Crippen LogP contribution in [0.15, 0.2) is 118 Å². The van der Waals surface area contributed by atoms with Gasteiger partial charge in [-0.2, -0.15) is 9.97 Å². The van der Waals surface area contributed by atoms with Crippen LogP contribution in [0.2, 0.25) is 0 Å². The standard InChI is InChI=1S/C45H34B8N4O2/c46-31-29-30-32(47)34(49)36(51)38(53)40(30)57(39(29)37(52)35(50)33(31)48)45-55-43(19-8-2-1-3-9-19)54-44(56-45)20-16-17-28-26(18-20)25-14-7-13-24(42(25)59-28)23-12-6-11-22-21-10-4-5-15-27(21)58-41(22)23/h1-18H,46-53H2. The molecule has 11 aromatic rings. The van der Waals surface area contributed by atoms with Gasteiger partial charge in [0.25, 0.3) is 0 Å². The van der Waals surface area contributed by atoms with Gasteiger partial charge in [-0.15, -0.1) is 10.9 Å². The van der Waals surface area contributed by atoms with Gasteiger partial charge in [-0.25, -0.2) is 4.98 Å². The summed E-state index contributed by atoms with van der Waals surface area (Å²) in [5, 5.41) is 6.74. The summed E-state index contributed by atoms with van der Waals surface area (Å²) in [6, 6.07) is 37.4. The van der Waals surface area contributed by atoms with Crippen LogP contribution in [0.1, 0.15) is 0 Å². The highest BCUT2D eigenvalue weighted by atomic mass is 16.3. The molecule has 0 spiro atoms. The molecule has 0 aliphatic carbocycles. The van der Waals surface area contributed by atoms with Crippen molar-refractivity contribution in [2.24, 2.45) is 0 Å². The number of benzene rings is 7. The van der Waals surface area contributed by atoms with E-state index in [2.05, 4.69) is 140 Å². The van der Waals surface area contributed by atoms with Crippen LogP contribution in [0.4, 0.5) is 0 Å². The Morgan fingerprint density at radius 3 is 1.49 bits per heavy atom. The molecular weight excluding hydrogens is 715 g/mol. The highest BCUT2D eigenvalue weighted by Crippen LogP contribution is 2.41. The highest BCUT2D eigenvalue weighted by molar-refractivity contribution is 6.71. The van der Waals surface area contributed by atoms with Gasteiger partial charge in [0.1, 0.15) is 85.1 Å². The summed E-state index contributed by atoms with van der Waals surface area (Å²) in [4.78, 5) is 15.9. The van der Waals surface area contributed by atoms with Gasteiger partial charge in [0.2, 0.25) is 5.95 Å². The van der Waals surface area contributed by atoms with E-state index in [9.17, 15) is 0 Å². The minimum Gasteiger partial charge on any atom is -0.455 e. The van der Waals surface area contributed by atoms with Gasteiger partial charge in [-0.05, 0) is 35.0 Å². The molecule has 0 radical (unpaired) electrons. The molecule has 0 aliphatic heterocycles. The Kier molecular flexibility index (Phi) is 7.84. The fourth-order valence-corrected chi connectivity index (χ4v) is 9.49. The van der Waals surface area contributed by atoms with E-state index < -0.39 is 0 Å². The topological polar surface area (TPSA) is 69.9 Å². The van der Waals surface area contributed by atoms with E-state index in [0.717, 1.165) is 77.2 Å². The van der Waals surface area contributed by atoms with Crippen LogP contribution < -0.4 is 43.7 Å². The number of furan rings is 2. The van der Waals surface area contributed by atoms with E-state index in [4.69, 9.17) is 23.8 Å². The minimum absolute atomic E-state index is 0.597. The summed E-state index contributed by atoms with van der Waals surface area (Å²) >= 11 is 0. The second-order valence-corrected chi connectivity index (χ2v) is 16.2. The van der Waals surface area contributed by atoms with Crippen molar-refractivity contribution in [3.05, 3.63) is 109 Å². The van der Waals surface area contributed by atoms with Crippen molar-refractivity contribution >= 4 is 172 Å². The largest absolute Gasteiger partial charge is 0.455 e. The Hall–Kier alpha value is -6.53. The Balaban J connectivity index is 1.17. The molecule has 0 N–H and O–H groups in total. The van der Waals surface area contributed by atoms with E-state index in [1.54, 1.807) is 0 Å². The van der Waals surface area contributed by atoms with Gasteiger partial charge in [-0.1, -0.05) is 118 Å². The third kappa shape index (κ3) is 5.08. The van der Waals surface area contributed by atoms with Crippen molar-refractivity contribution in [2.45, 2.75) is 0 Å². The summed E-state index contributed by atoms with van der Waals surface area (Å²) in [6.45, 7) is 0. The zero-order valence-electron chi connectivity index (χ0n) is 34.5. The summed E-state index contributed by atoms with van der Waals surface area (Å²) in [6.07, 6.45) is 0. The lowest BCUT2D eigenvalue weighted by atomic mass is 9.63. The van der Waals surface area contributed by atoms with E-state index in [1.807, 2.05) is 36.4 Å². The normalized spacial score (nSPS) is 11.9. The van der Waals surface area contributed by atoms with Crippen LogP contribution in [0.25, 0.3) is 106 Å². The van der Waals surface area contributed by atoms with E-state index in [1.165, 1.54) is 54.5 Å². The maximum absolute atomic E-state index is 6.72. The number of aromatic nitrogens is 4. The van der Waals surface area contributed by atoms with Crippen molar-refractivity contribution in [1.82, 2.24) is 19.5 Å². The van der Waals surface area contributed by atoms with Crippen molar-refractivity contribution in [3.8, 4) is 39.9 Å². The molecule has 0 aliphatic rings. The highest BCUT2D eigenvalue weighted by Gasteiger charge is 2.26. The molecule has 270 valence electrons. The van der Waals surface area contributed by atoms with E-state index >= 15 is 0 Å². The molecule has 4 aromatic heterocycles. The SMILES string of the molecule is Bc1c(B)c(B)c2c(c1B)c1c(B)c(B)c(B)c(B)c1n2-c1nc(-c2ccccc2)nc(-c2ccc3oc4c(-c5cccc6c5oc5ccccc56)cccc4c3c2)n1. The van der Waals surface area contributed by atoms with Crippen molar-refractivity contribution in [1.29, 1.82) is 0 Å². The minimum atomic E-state index is 0.597. The smallest absolute Gasteiger partial charge is 0.238 e. The van der Waals surface area contributed by atoms with Crippen LogP contribution in [-0.2, 0) is 0 Å². The number of para-hydroxylation sites is 3. The van der Waals surface area contributed by atoms with Gasteiger partial charge < -0.3 is 8.83 Å². The molecular formula is C45H34B8N4O2. The van der Waals surface area contributed by atoms with Gasteiger partial charge in [-0.3, -0.25) is 4.57 Å². The molecule has 6 nitrogen and oxygen atoms in total. The molecule has 0 bridgehead atoms. The molecule has 0 atom stereocenters. The van der Waals surface area contributed by atoms with Gasteiger partial charge >= 0.3 is 0 Å². The van der Waals surface area contributed by atoms with Crippen LogP contribution >= 0.6 is 0 Å². The Morgan fingerprint density at radius 1 is 0.390 bits per heavy atom. The first-order chi connectivity index (χ1) is 28.6. The number of fused-ring (bicyclic) bond motifs is 9. The molecule has 14 heteroatoms. The van der Waals surface area contributed by atoms with E-state index in [-0.39, 0.29) is 0 Å². The lowest BCUT2D eigenvalue weighted by Gasteiger charge is -2.16. The maximum atomic E-state index is 6.72. The summed E-state index contributed by atoms with van der Waals surface area (Å²) in [5.41, 5.74) is 19.7. The number of nitrogens with zero attached hydrogens (tertiary/aromatic N) is 4. The number of hydrogen-bond acceptors (Lipinski definition) is 5. The number of rotatable bonds is 4. The van der Waals surface area contributed by atoms with Gasteiger partial charge in [0, 0.05) is 54.8 Å². The molecule has 0 unspecified atom stereocenters. The van der Waals surface area contributed by atoms with Crippen LogP contribution in [-0.4, -0.2) is 82.3 Å². The lowest BCUT2D eigenvalue weighted by Crippen LogP contribution is -2.49. The van der Waals surface area contributed by atoms with Crippen molar-refractivity contribution < 1.29 is 8.83 Å². The quantitative estimate of drug-likeness (QED) is 0.192. The lowest BCUT2D eigenvalue weighted by molar-refractivity contribution is 0.665. The Bertz CT molecular complexity index is 3540. The monoisotopic (exact) mass is 750 g/mol. The van der Waals surface area contributed by atoms with Crippen LogP contribution in [0.3, 0.4) is 0 Å². The zero-order valence-corrected chi connectivity index (χ0v) is 34.5. The van der Waals surface area contributed by atoms with Crippen molar-refractivity contribution in [2.75, 3.05) is 0 Å². The zero-order chi connectivity index (χ0) is 40.4. The molecule has 11 rings (SSSR count). The molecule has 0 fully saturated rings. The molecule has 0 saturated heterocycles. The maximum Gasteiger partial charge on any atom is 0.238 e. The summed E-state index contributed by atoms with van der Waals surface area (Å²) in [5.74, 6) is 1.82. The predicted molar refractivity (Wildman–Crippen MR) is 270 cm³/mol. The third-order valence-corrected chi connectivity index (χ3v) is 13.3. The molecule has 4 heterocycles. The first-order valence-electron chi connectivity index (χ1n) is 20.3. The fourth-order valence-electron chi connectivity index (χ4n) is 9.49. The van der Waals surface area contributed by atoms with Crippen molar-refractivity contribution in [3.63, 3.8) is 0 Å². The second kappa shape index (κ2) is 13.0. The average molecular weight is 749 g/mol. The Morgan fingerprint density at radius 2 is 0.881 bits per heavy atom. The molecule has 0 amide bonds. The molecule has 59 heavy (non-hydrogen) atoms. The average Bonchev–Trinajstić information content (AvgIpc) is 3.96. The Labute approximate surface area is 348 Å². The van der Waals surface area contributed by atoms with E-state index in [0.29, 0.717) is 17.6 Å². The second-order valence-electron chi connectivity index (χ2n) is 16.2. The molecule has 0 saturated carbocycles. The fraction of sp³-hybridized carbons (Fsp3) is 0. The summed E-state index contributed by atoms with van der Waals surface area (Å²) in [7, 11) is 18.0. The first-order valence-corrected chi connectivity index (χ1v) is 20.3. The van der Waals surface area contributed by atoms with Gasteiger partial charge in [0.15, 0.2) is 11.6 Å². The first kappa shape index (κ1) is 35.6. The predicted octanol–water partition coefficient (Wildman–Crippen LogP) is -2.16. The number of hydrogen-bond donors (Lipinski definition) is 0. The molecule has 7 aromatic carbocycles. The van der Waals surface area contributed by atoms with Gasteiger partial charge in [0.05, 0.1) is 0 Å². The van der Waals surface area contributed by atoms with Crippen LogP contribution in [0, 0.1) is 0 Å². The summed E-state index contributed by atoms with van der Waals surface area (Å²) < 4.78 is 15.5.